The minimum atomic E-state index is -0.683. The van der Waals surface area contributed by atoms with Crippen LogP contribution < -0.4 is 4.74 Å². The van der Waals surface area contributed by atoms with Gasteiger partial charge in [0.05, 0.1) is 6.42 Å². The van der Waals surface area contributed by atoms with Gasteiger partial charge >= 0.3 is 0 Å². The second-order valence-corrected chi connectivity index (χ2v) is 7.06. The Balaban J connectivity index is 2.07. The maximum atomic E-state index is 12.7. The number of hydrogen-bond acceptors (Lipinski definition) is 4. The van der Waals surface area contributed by atoms with E-state index in [1.165, 1.54) is 6.07 Å². The van der Waals surface area contributed by atoms with Crippen LogP contribution in [0, 0.1) is 6.92 Å². The van der Waals surface area contributed by atoms with Crippen LogP contribution in [0.25, 0.3) is 0 Å². The van der Waals surface area contributed by atoms with Crippen LogP contribution in [0.2, 0.25) is 0 Å². The van der Waals surface area contributed by atoms with Crippen molar-refractivity contribution < 1.29 is 19.7 Å². The molecule has 0 bridgehead atoms. The second kappa shape index (κ2) is 5.96. The van der Waals surface area contributed by atoms with Gasteiger partial charge in [0, 0.05) is 17.0 Å². The van der Waals surface area contributed by atoms with E-state index >= 15 is 0 Å². The molecule has 130 valence electrons. The standard InChI is InChI=1S/C21H22O4/c1-5-21(3,4)19-15(23)11-17-18(20(19)24)14(22)10-16(25-17)13-8-6-12(2)7-9-13/h5-9,11,16,23-24H,1,10H2,2-4H3/t16-/m0/s1. The highest BCUT2D eigenvalue weighted by atomic mass is 16.5. The molecule has 3 rings (SSSR count). The maximum Gasteiger partial charge on any atom is 0.174 e. The summed E-state index contributed by atoms with van der Waals surface area (Å²) in [6, 6.07) is 9.18. The molecule has 2 N–H and O–H groups in total. The molecule has 1 heterocycles. The zero-order valence-electron chi connectivity index (χ0n) is 14.7. The molecule has 0 saturated carbocycles. The van der Waals surface area contributed by atoms with Crippen LogP contribution in [0.5, 0.6) is 17.2 Å². The number of allylic oxidation sites excluding steroid dienone is 1. The van der Waals surface area contributed by atoms with E-state index in [1.807, 2.05) is 45.0 Å². The van der Waals surface area contributed by atoms with Crippen molar-refractivity contribution in [2.75, 3.05) is 0 Å². The second-order valence-electron chi connectivity index (χ2n) is 7.06. The molecule has 4 heteroatoms. The Morgan fingerprint density at radius 3 is 2.48 bits per heavy atom. The largest absolute Gasteiger partial charge is 0.507 e. The summed E-state index contributed by atoms with van der Waals surface area (Å²) in [6.07, 6.45) is 1.33. The molecule has 0 unspecified atom stereocenters. The first-order valence-corrected chi connectivity index (χ1v) is 8.24. The van der Waals surface area contributed by atoms with Gasteiger partial charge in [0.25, 0.3) is 0 Å². The highest BCUT2D eigenvalue weighted by Gasteiger charge is 2.35. The average molecular weight is 338 g/mol. The van der Waals surface area contributed by atoms with Crippen molar-refractivity contribution in [3.8, 4) is 17.2 Å². The Bertz CT molecular complexity index is 847. The fourth-order valence-corrected chi connectivity index (χ4v) is 3.16. The van der Waals surface area contributed by atoms with Crippen LogP contribution in [-0.2, 0) is 5.41 Å². The van der Waals surface area contributed by atoms with E-state index in [2.05, 4.69) is 6.58 Å². The molecule has 0 aliphatic carbocycles. The summed E-state index contributed by atoms with van der Waals surface area (Å²) in [7, 11) is 0. The lowest BCUT2D eigenvalue weighted by Crippen LogP contribution is -2.22. The third-order valence-corrected chi connectivity index (χ3v) is 4.77. The molecule has 1 aliphatic heterocycles. The monoisotopic (exact) mass is 338 g/mol. The van der Waals surface area contributed by atoms with Crippen molar-refractivity contribution in [2.24, 2.45) is 0 Å². The minimum absolute atomic E-state index is 0.112. The molecular weight excluding hydrogens is 316 g/mol. The van der Waals surface area contributed by atoms with Gasteiger partial charge in [-0.3, -0.25) is 4.79 Å². The molecule has 2 aromatic rings. The topological polar surface area (TPSA) is 66.8 Å². The van der Waals surface area contributed by atoms with Crippen molar-refractivity contribution in [3.63, 3.8) is 0 Å². The zero-order chi connectivity index (χ0) is 18.4. The lowest BCUT2D eigenvalue weighted by molar-refractivity contribution is 0.0844. The van der Waals surface area contributed by atoms with Crippen molar-refractivity contribution in [3.05, 3.63) is 65.2 Å². The number of phenolic OH excluding ortho intramolecular Hbond substituents is 2. The van der Waals surface area contributed by atoms with Gasteiger partial charge in [-0.2, -0.15) is 0 Å². The number of hydrogen-bond donors (Lipinski definition) is 2. The van der Waals surface area contributed by atoms with Crippen LogP contribution >= 0.6 is 0 Å². The summed E-state index contributed by atoms with van der Waals surface area (Å²) < 4.78 is 5.92. The molecule has 4 nitrogen and oxygen atoms in total. The summed E-state index contributed by atoms with van der Waals surface area (Å²) in [5, 5.41) is 21.0. The predicted molar refractivity (Wildman–Crippen MR) is 96.5 cm³/mol. The quantitative estimate of drug-likeness (QED) is 0.804. The summed E-state index contributed by atoms with van der Waals surface area (Å²) in [5.41, 5.74) is 1.74. The number of ketones is 1. The average Bonchev–Trinajstić information content (AvgIpc) is 2.54. The first-order chi connectivity index (χ1) is 11.7. The lowest BCUT2D eigenvalue weighted by Gasteiger charge is -2.30. The number of benzene rings is 2. The molecule has 0 saturated heterocycles. The number of carbonyl (C=O) groups excluding carboxylic acids is 1. The van der Waals surface area contributed by atoms with Crippen LogP contribution in [0.3, 0.4) is 0 Å². The van der Waals surface area contributed by atoms with Gasteiger partial charge in [-0.1, -0.05) is 49.8 Å². The van der Waals surface area contributed by atoms with E-state index < -0.39 is 11.5 Å². The first-order valence-electron chi connectivity index (χ1n) is 8.24. The maximum absolute atomic E-state index is 12.7. The molecule has 0 fully saturated rings. The number of carbonyl (C=O) groups is 1. The molecule has 1 aliphatic rings. The van der Waals surface area contributed by atoms with E-state index in [0.29, 0.717) is 0 Å². The van der Waals surface area contributed by atoms with Gasteiger partial charge in [0.2, 0.25) is 0 Å². The van der Waals surface area contributed by atoms with Gasteiger partial charge in [-0.15, -0.1) is 6.58 Å². The minimum Gasteiger partial charge on any atom is -0.507 e. The summed E-state index contributed by atoms with van der Waals surface area (Å²) in [5.74, 6) is -0.336. The van der Waals surface area contributed by atoms with Crippen LogP contribution in [-0.4, -0.2) is 16.0 Å². The van der Waals surface area contributed by atoms with Crippen LogP contribution in [0.1, 0.15) is 53.4 Å². The fourth-order valence-electron chi connectivity index (χ4n) is 3.16. The number of ether oxygens (including phenoxy) is 1. The highest BCUT2D eigenvalue weighted by Crippen LogP contribution is 2.48. The summed E-state index contributed by atoms with van der Waals surface area (Å²) in [6.45, 7) is 9.35. The molecule has 2 aromatic carbocycles. The SMILES string of the molecule is C=CC(C)(C)c1c(O)cc2c(c1O)C(=O)C[C@@H](c1ccc(C)cc1)O2. The Morgan fingerprint density at radius 1 is 1.24 bits per heavy atom. The third kappa shape index (κ3) is 2.88. The summed E-state index contributed by atoms with van der Waals surface area (Å²) in [4.78, 5) is 12.7. The van der Waals surface area contributed by atoms with E-state index in [4.69, 9.17) is 4.74 Å². The van der Waals surface area contributed by atoms with Gasteiger partial charge in [-0.05, 0) is 12.5 Å². The number of fused-ring (bicyclic) bond motifs is 1. The third-order valence-electron chi connectivity index (χ3n) is 4.77. The van der Waals surface area contributed by atoms with Crippen molar-refractivity contribution >= 4 is 5.78 Å². The fraction of sp³-hybridized carbons (Fsp3) is 0.286. The molecular formula is C21H22O4. The van der Waals surface area contributed by atoms with Crippen LogP contribution in [0.4, 0.5) is 0 Å². The number of rotatable bonds is 3. The van der Waals surface area contributed by atoms with E-state index in [1.54, 1.807) is 6.08 Å². The van der Waals surface area contributed by atoms with Crippen LogP contribution in [0.15, 0.2) is 43.0 Å². The Labute approximate surface area is 147 Å². The molecule has 0 amide bonds. The van der Waals surface area contributed by atoms with Gasteiger partial charge in [0.1, 0.15) is 28.9 Å². The summed E-state index contributed by atoms with van der Waals surface area (Å²) >= 11 is 0. The molecule has 1 atom stereocenters. The van der Waals surface area contributed by atoms with Gasteiger partial charge < -0.3 is 14.9 Å². The van der Waals surface area contributed by atoms with Gasteiger partial charge in [0.15, 0.2) is 5.78 Å². The van der Waals surface area contributed by atoms with Gasteiger partial charge in [-0.25, -0.2) is 0 Å². The molecule has 0 radical (unpaired) electrons. The number of Topliss-reactive ketones (excluding diaryl/α,β-unsaturated/α-hetero) is 1. The first kappa shape index (κ1) is 17.1. The molecule has 25 heavy (non-hydrogen) atoms. The van der Waals surface area contributed by atoms with Crippen molar-refractivity contribution in [1.82, 2.24) is 0 Å². The number of aryl methyl sites for hydroxylation is 1. The number of phenols is 2. The van der Waals surface area contributed by atoms with E-state index in [0.717, 1.165) is 11.1 Å². The van der Waals surface area contributed by atoms with E-state index in [9.17, 15) is 15.0 Å². The van der Waals surface area contributed by atoms with Crippen molar-refractivity contribution in [1.29, 1.82) is 0 Å². The molecule has 0 spiro atoms. The Hall–Kier alpha value is -2.75. The Kier molecular flexibility index (Phi) is 4.07. The lowest BCUT2D eigenvalue weighted by atomic mass is 9.81. The highest BCUT2D eigenvalue weighted by molar-refractivity contribution is 6.03. The smallest absolute Gasteiger partial charge is 0.174 e. The predicted octanol–water partition coefficient (Wildman–Crippen LogP) is 4.58. The number of aromatic hydroxyl groups is 2. The molecule has 0 aromatic heterocycles. The van der Waals surface area contributed by atoms with Crippen molar-refractivity contribution in [2.45, 2.75) is 38.7 Å². The normalized spacial score (nSPS) is 16.9. The van der Waals surface area contributed by atoms with E-state index in [-0.39, 0.29) is 40.6 Å². The zero-order valence-corrected chi connectivity index (χ0v) is 14.7. The Morgan fingerprint density at radius 2 is 1.88 bits per heavy atom.